The molecule has 0 bridgehead atoms. The number of nitrogens with zero attached hydrogens (tertiary/aromatic N) is 1. The number of hydrogen-bond donors (Lipinski definition) is 1. The summed E-state index contributed by atoms with van der Waals surface area (Å²) >= 11 is 0. The van der Waals surface area contributed by atoms with E-state index < -0.39 is 0 Å². The topological polar surface area (TPSA) is 42.0 Å². The first-order valence-electron chi connectivity index (χ1n) is 7.76. The number of nitrogens with one attached hydrogen (secondary N) is 1. The molecule has 23 heavy (non-hydrogen) atoms. The quantitative estimate of drug-likeness (QED) is 0.782. The molecule has 0 fully saturated rings. The second-order valence-electron chi connectivity index (χ2n) is 5.91. The number of aryl methyl sites for hydroxylation is 3. The van der Waals surface area contributed by atoms with Crippen LogP contribution in [0.2, 0.25) is 0 Å². The molecule has 0 saturated carbocycles. The highest BCUT2D eigenvalue weighted by Gasteiger charge is 2.13. The summed E-state index contributed by atoms with van der Waals surface area (Å²) in [6.45, 7) is 6.04. The van der Waals surface area contributed by atoms with Crippen molar-refractivity contribution in [2.24, 2.45) is 0 Å². The Labute approximate surface area is 136 Å². The number of para-hydroxylation sites is 1. The lowest BCUT2D eigenvalue weighted by molar-refractivity contribution is -0.115. The van der Waals surface area contributed by atoms with Gasteiger partial charge in [0.05, 0.1) is 11.9 Å². The third kappa shape index (κ3) is 3.24. The summed E-state index contributed by atoms with van der Waals surface area (Å²) in [6, 6.07) is 15.9. The second-order valence-corrected chi connectivity index (χ2v) is 5.91. The molecule has 0 atom stereocenters. The third-order valence-corrected chi connectivity index (χ3v) is 4.12. The minimum Gasteiger partial charge on any atom is -0.326 e. The first-order valence-corrected chi connectivity index (χ1v) is 7.76. The fourth-order valence-corrected chi connectivity index (χ4v) is 2.92. The van der Waals surface area contributed by atoms with Crippen molar-refractivity contribution in [3.8, 4) is 0 Å². The number of aromatic nitrogens is 1. The lowest BCUT2D eigenvalue weighted by atomic mass is 9.99. The molecule has 3 aromatic rings. The molecule has 0 saturated heterocycles. The lowest BCUT2D eigenvalue weighted by Gasteiger charge is -2.13. The molecule has 1 heterocycles. The molecule has 3 heteroatoms. The van der Waals surface area contributed by atoms with E-state index in [-0.39, 0.29) is 5.91 Å². The van der Waals surface area contributed by atoms with Gasteiger partial charge in [0.2, 0.25) is 5.91 Å². The number of carbonyl (C=O) groups excluding carboxylic acids is 1. The molecule has 3 nitrogen and oxygen atoms in total. The summed E-state index contributed by atoms with van der Waals surface area (Å²) in [5, 5.41) is 4.07. The highest BCUT2D eigenvalue weighted by atomic mass is 16.1. The van der Waals surface area contributed by atoms with Crippen molar-refractivity contribution in [1.82, 2.24) is 4.98 Å². The fourth-order valence-electron chi connectivity index (χ4n) is 2.92. The second kappa shape index (κ2) is 6.21. The SMILES string of the molecule is Cc1cccc(NC(=O)Cc2c(C)nc3ccccc3c2C)c1. The maximum absolute atomic E-state index is 12.4. The van der Waals surface area contributed by atoms with Crippen LogP contribution in [0.25, 0.3) is 10.9 Å². The van der Waals surface area contributed by atoms with Crippen molar-refractivity contribution < 1.29 is 4.79 Å². The standard InChI is InChI=1S/C20H20N2O/c1-13-7-6-8-16(11-13)22-20(23)12-18-14(2)17-9-4-5-10-19(17)21-15(18)3/h4-11H,12H2,1-3H3,(H,22,23). The monoisotopic (exact) mass is 304 g/mol. The van der Waals surface area contributed by atoms with Gasteiger partial charge in [-0.3, -0.25) is 9.78 Å². The largest absolute Gasteiger partial charge is 0.326 e. The summed E-state index contributed by atoms with van der Waals surface area (Å²) in [5.41, 5.74) is 5.99. The molecule has 0 unspecified atom stereocenters. The Bertz CT molecular complexity index is 884. The predicted octanol–water partition coefficient (Wildman–Crippen LogP) is 4.34. The fraction of sp³-hybridized carbons (Fsp3) is 0.200. The van der Waals surface area contributed by atoms with Gasteiger partial charge >= 0.3 is 0 Å². The van der Waals surface area contributed by atoms with E-state index >= 15 is 0 Å². The van der Waals surface area contributed by atoms with Gasteiger partial charge in [-0.15, -0.1) is 0 Å². The molecule has 1 amide bonds. The van der Waals surface area contributed by atoms with Crippen molar-refractivity contribution >= 4 is 22.5 Å². The molecule has 0 radical (unpaired) electrons. The molecule has 0 aliphatic heterocycles. The van der Waals surface area contributed by atoms with Gasteiger partial charge in [0, 0.05) is 16.8 Å². The molecule has 0 spiro atoms. The van der Waals surface area contributed by atoms with Crippen LogP contribution in [-0.4, -0.2) is 10.9 Å². The summed E-state index contributed by atoms with van der Waals surface area (Å²) in [6.07, 6.45) is 0.337. The Morgan fingerprint density at radius 2 is 1.83 bits per heavy atom. The summed E-state index contributed by atoms with van der Waals surface area (Å²) in [4.78, 5) is 17.0. The number of fused-ring (bicyclic) bond motifs is 1. The maximum Gasteiger partial charge on any atom is 0.228 e. The van der Waals surface area contributed by atoms with Gasteiger partial charge in [-0.2, -0.15) is 0 Å². The van der Waals surface area contributed by atoms with Gasteiger partial charge in [0.15, 0.2) is 0 Å². The molecule has 0 aliphatic carbocycles. The lowest BCUT2D eigenvalue weighted by Crippen LogP contribution is -2.16. The Balaban J connectivity index is 1.87. The van der Waals surface area contributed by atoms with E-state index in [2.05, 4.69) is 23.3 Å². The summed E-state index contributed by atoms with van der Waals surface area (Å²) in [5.74, 6) is -0.0149. The van der Waals surface area contributed by atoms with E-state index in [0.717, 1.165) is 39.0 Å². The van der Waals surface area contributed by atoms with Crippen LogP contribution >= 0.6 is 0 Å². The minimum atomic E-state index is -0.0149. The molecular weight excluding hydrogens is 284 g/mol. The molecular formula is C20H20N2O. The Morgan fingerprint density at radius 1 is 1.04 bits per heavy atom. The molecule has 1 aromatic heterocycles. The molecule has 116 valence electrons. The number of anilines is 1. The third-order valence-electron chi connectivity index (χ3n) is 4.12. The van der Waals surface area contributed by atoms with Crippen molar-refractivity contribution in [1.29, 1.82) is 0 Å². The van der Waals surface area contributed by atoms with Crippen LogP contribution in [0.4, 0.5) is 5.69 Å². The number of benzene rings is 2. The van der Waals surface area contributed by atoms with E-state index in [1.165, 1.54) is 0 Å². The van der Waals surface area contributed by atoms with E-state index in [4.69, 9.17) is 0 Å². The van der Waals surface area contributed by atoms with Crippen LogP contribution in [0.5, 0.6) is 0 Å². The highest BCUT2D eigenvalue weighted by molar-refractivity contribution is 5.94. The number of hydrogen-bond acceptors (Lipinski definition) is 2. The number of carbonyl (C=O) groups is 1. The number of pyridine rings is 1. The molecule has 1 N–H and O–H groups in total. The molecule has 3 rings (SSSR count). The number of rotatable bonds is 3. The summed E-state index contributed by atoms with van der Waals surface area (Å²) in [7, 11) is 0. The van der Waals surface area contributed by atoms with E-state index in [9.17, 15) is 4.79 Å². The first kappa shape index (κ1) is 15.2. The van der Waals surface area contributed by atoms with Crippen molar-refractivity contribution in [2.45, 2.75) is 27.2 Å². The van der Waals surface area contributed by atoms with Crippen LogP contribution in [0.1, 0.15) is 22.4 Å². The first-order chi connectivity index (χ1) is 11.0. The van der Waals surface area contributed by atoms with Gasteiger partial charge in [-0.05, 0) is 55.7 Å². The van der Waals surface area contributed by atoms with Crippen LogP contribution in [-0.2, 0) is 11.2 Å². The maximum atomic E-state index is 12.4. The minimum absolute atomic E-state index is 0.0149. The Kier molecular flexibility index (Phi) is 4.11. The van der Waals surface area contributed by atoms with Crippen molar-refractivity contribution in [3.63, 3.8) is 0 Å². The smallest absolute Gasteiger partial charge is 0.228 e. The van der Waals surface area contributed by atoms with Gasteiger partial charge in [0.1, 0.15) is 0 Å². The van der Waals surface area contributed by atoms with E-state index in [1.54, 1.807) is 0 Å². The average molecular weight is 304 g/mol. The zero-order valence-corrected chi connectivity index (χ0v) is 13.7. The van der Waals surface area contributed by atoms with E-state index in [0.29, 0.717) is 6.42 Å². The number of amides is 1. The molecule has 0 aliphatic rings. The Hall–Kier alpha value is -2.68. The predicted molar refractivity (Wildman–Crippen MR) is 94.7 cm³/mol. The average Bonchev–Trinajstić information content (AvgIpc) is 2.51. The van der Waals surface area contributed by atoms with Gasteiger partial charge in [0.25, 0.3) is 0 Å². The van der Waals surface area contributed by atoms with Gasteiger partial charge in [-0.1, -0.05) is 30.3 Å². The van der Waals surface area contributed by atoms with Crippen LogP contribution in [0, 0.1) is 20.8 Å². The van der Waals surface area contributed by atoms with E-state index in [1.807, 2.05) is 56.3 Å². The normalized spacial score (nSPS) is 10.7. The zero-order chi connectivity index (χ0) is 16.4. The van der Waals surface area contributed by atoms with Gasteiger partial charge in [-0.25, -0.2) is 0 Å². The Morgan fingerprint density at radius 3 is 2.61 bits per heavy atom. The van der Waals surface area contributed by atoms with Crippen molar-refractivity contribution in [2.75, 3.05) is 5.32 Å². The zero-order valence-electron chi connectivity index (χ0n) is 13.7. The van der Waals surface area contributed by atoms with Crippen LogP contribution in [0.15, 0.2) is 48.5 Å². The van der Waals surface area contributed by atoms with Crippen molar-refractivity contribution in [3.05, 3.63) is 70.9 Å². The van der Waals surface area contributed by atoms with Crippen LogP contribution < -0.4 is 5.32 Å². The summed E-state index contributed by atoms with van der Waals surface area (Å²) < 4.78 is 0. The van der Waals surface area contributed by atoms with Gasteiger partial charge < -0.3 is 5.32 Å². The molecule has 2 aromatic carbocycles. The highest BCUT2D eigenvalue weighted by Crippen LogP contribution is 2.23. The van der Waals surface area contributed by atoms with Crippen LogP contribution in [0.3, 0.4) is 0 Å².